The van der Waals surface area contributed by atoms with Gasteiger partial charge in [-0.3, -0.25) is 13.8 Å². The second kappa shape index (κ2) is 43.1. The van der Waals surface area contributed by atoms with Gasteiger partial charge in [0, 0.05) is 19.6 Å². The number of nitrogens with two attached hydrogens (primary N) is 1. The zero-order valence-corrected chi connectivity index (χ0v) is 36.4. The summed E-state index contributed by atoms with van der Waals surface area (Å²) in [5.74, 6) is -0.341. The van der Waals surface area contributed by atoms with Crippen molar-refractivity contribution in [2.45, 2.75) is 225 Å². The fourth-order valence-electron chi connectivity index (χ4n) is 6.49. The van der Waals surface area contributed by atoms with Crippen LogP contribution in [0.5, 0.6) is 0 Å². The Labute approximate surface area is 334 Å². The normalized spacial score (nSPS) is 13.6. The van der Waals surface area contributed by atoms with Crippen LogP contribution in [0.2, 0.25) is 0 Å². The maximum Gasteiger partial charge on any atom is 0.472 e. The average Bonchev–Trinajstić information content (AvgIpc) is 3.16. The van der Waals surface area contributed by atoms with E-state index in [4.69, 9.17) is 24.3 Å². The van der Waals surface area contributed by atoms with Crippen molar-refractivity contribution in [2.24, 2.45) is 5.73 Å². The van der Waals surface area contributed by atoms with Crippen LogP contribution in [-0.4, -0.2) is 49.9 Å². The van der Waals surface area contributed by atoms with Crippen LogP contribution in [0.15, 0.2) is 24.3 Å². The van der Waals surface area contributed by atoms with Crippen molar-refractivity contribution < 1.29 is 32.8 Å². The highest BCUT2D eigenvalue weighted by Gasteiger charge is 2.25. The molecule has 9 heteroatoms. The number of esters is 1. The van der Waals surface area contributed by atoms with Gasteiger partial charge in [0.15, 0.2) is 0 Å². The second-order valence-electron chi connectivity index (χ2n) is 15.3. The van der Waals surface area contributed by atoms with Crippen LogP contribution in [0.25, 0.3) is 0 Å². The van der Waals surface area contributed by atoms with E-state index in [0.29, 0.717) is 13.0 Å². The maximum atomic E-state index is 12.6. The molecule has 54 heavy (non-hydrogen) atoms. The topological polar surface area (TPSA) is 117 Å². The van der Waals surface area contributed by atoms with Crippen molar-refractivity contribution in [3.8, 4) is 0 Å². The van der Waals surface area contributed by atoms with E-state index in [1.165, 1.54) is 141 Å². The lowest BCUT2D eigenvalue weighted by Gasteiger charge is -2.20. The molecule has 0 fully saturated rings. The highest BCUT2D eigenvalue weighted by Crippen LogP contribution is 2.43. The van der Waals surface area contributed by atoms with E-state index in [-0.39, 0.29) is 32.3 Å². The summed E-state index contributed by atoms with van der Waals surface area (Å²) >= 11 is 0. The molecule has 3 N–H and O–H groups in total. The van der Waals surface area contributed by atoms with Gasteiger partial charge in [0.05, 0.1) is 19.8 Å². The first-order chi connectivity index (χ1) is 26.4. The summed E-state index contributed by atoms with van der Waals surface area (Å²) in [6.07, 6.45) is 47.7. The van der Waals surface area contributed by atoms with Gasteiger partial charge < -0.3 is 20.1 Å². The van der Waals surface area contributed by atoms with Gasteiger partial charge in [-0.05, 0) is 38.5 Å². The van der Waals surface area contributed by atoms with Crippen molar-refractivity contribution >= 4 is 13.8 Å². The standard InChI is InChI=1S/C45H88NO7P/c1-3-5-7-9-11-13-15-17-19-20-21-22-23-24-25-27-29-31-33-35-37-40-50-42-44(43-52-54(48,49)51-41-39-46)53-45(47)38-36-34-32-30-28-26-18-16-14-12-10-8-6-4-2/h10,12,16,18,44H,3-9,11,13-15,17,19-43,46H2,1-2H3,(H,48,49)/b12-10-,18-16-. The summed E-state index contributed by atoms with van der Waals surface area (Å²) in [6.45, 7) is 4.90. The molecule has 2 unspecified atom stereocenters. The second-order valence-corrected chi connectivity index (χ2v) is 16.7. The monoisotopic (exact) mass is 786 g/mol. The number of phosphoric ester groups is 1. The number of allylic oxidation sites excluding steroid dienone is 4. The van der Waals surface area contributed by atoms with E-state index >= 15 is 0 Å². The Kier molecular flexibility index (Phi) is 42.3. The molecular formula is C45H88NO7P. The molecule has 0 aliphatic heterocycles. The zero-order chi connectivity index (χ0) is 39.5. The number of phosphoric acid groups is 1. The average molecular weight is 786 g/mol. The molecule has 0 aliphatic rings. The Bertz CT molecular complexity index is 884. The molecule has 0 amide bonds. The summed E-state index contributed by atoms with van der Waals surface area (Å²) < 4.78 is 33.4. The number of ether oxygens (including phenoxy) is 2. The zero-order valence-electron chi connectivity index (χ0n) is 35.5. The molecule has 8 nitrogen and oxygen atoms in total. The van der Waals surface area contributed by atoms with E-state index in [0.717, 1.165) is 57.8 Å². The molecule has 0 radical (unpaired) electrons. The molecular weight excluding hydrogens is 697 g/mol. The van der Waals surface area contributed by atoms with Crippen molar-refractivity contribution in [1.82, 2.24) is 0 Å². The molecule has 0 rings (SSSR count). The summed E-state index contributed by atoms with van der Waals surface area (Å²) in [5.41, 5.74) is 5.37. The molecule has 0 spiro atoms. The van der Waals surface area contributed by atoms with Crippen molar-refractivity contribution in [2.75, 3.05) is 33.0 Å². The number of hydrogen-bond donors (Lipinski definition) is 2. The first-order valence-corrected chi connectivity index (χ1v) is 24.3. The first kappa shape index (κ1) is 53.0. The predicted molar refractivity (Wildman–Crippen MR) is 229 cm³/mol. The van der Waals surface area contributed by atoms with Crippen molar-refractivity contribution in [3.63, 3.8) is 0 Å². The Morgan fingerprint density at radius 1 is 0.556 bits per heavy atom. The van der Waals surface area contributed by atoms with E-state index in [1.807, 2.05) is 0 Å². The molecule has 320 valence electrons. The van der Waals surface area contributed by atoms with E-state index < -0.39 is 13.9 Å². The largest absolute Gasteiger partial charge is 0.472 e. The lowest BCUT2D eigenvalue weighted by atomic mass is 10.0. The van der Waals surface area contributed by atoms with Crippen molar-refractivity contribution in [1.29, 1.82) is 0 Å². The fraction of sp³-hybridized carbons (Fsp3) is 0.889. The van der Waals surface area contributed by atoms with Gasteiger partial charge in [-0.15, -0.1) is 0 Å². The Morgan fingerprint density at radius 2 is 1.00 bits per heavy atom. The molecule has 0 saturated heterocycles. The number of rotatable bonds is 44. The van der Waals surface area contributed by atoms with E-state index in [1.54, 1.807) is 0 Å². The third kappa shape index (κ3) is 42.1. The lowest BCUT2D eigenvalue weighted by molar-refractivity contribution is -0.154. The van der Waals surface area contributed by atoms with Gasteiger partial charge in [-0.2, -0.15) is 0 Å². The van der Waals surface area contributed by atoms with Crippen LogP contribution >= 0.6 is 7.82 Å². The molecule has 0 aromatic carbocycles. The van der Waals surface area contributed by atoms with Crippen LogP contribution in [0.1, 0.15) is 219 Å². The van der Waals surface area contributed by atoms with Crippen LogP contribution in [0.4, 0.5) is 0 Å². The fourth-order valence-corrected chi connectivity index (χ4v) is 7.25. The molecule has 0 aromatic rings. The maximum absolute atomic E-state index is 12.6. The van der Waals surface area contributed by atoms with Crippen molar-refractivity contribution in [3.05, 3.63) is 24.3 Å². The Hall–Kier alpha value is -1.02. The molecule has 0 aromatic heterocycles. The lowest BCUT2D eigenvalue weighted by Crippen LogP contribution is -2.28. The van der Waals surface area contributed by atoms with Gasteiger partial charge >= 0.3 is 13.8 Å². The Balaban J connectivity index is 3.94. The smallest absolute Gasteiger partial charge is 0.457 e. The van der Waals surface area contributed by atoms with Gasteiger partial charge in [-0.25, -0.2) is 4.57 Å². The minimum absolute atomic E-state index is 0.0963. The summed E-state index contributed by atoms with van der Waals surface area (Å²) in [7, 11) is -4.28. The number of hydrogen-bond acceptors (Lipinski definition) is 7. The summed E-state index contributed by atoms with van der Waals surface area (Å²) in [5, 5.41) is 0. The highest BCUT2D eigenvalue weighted by atomic mass is 31.2. The quantitative estimate of drug-likeness (QED) is 0.0271. The number of unbranched alkanes of at least 4 members (excludes halogenated alkanes) is 27. The number of carbonyl (C=O) groups excluding carboxylic acids is 1. The van der Waals surface area contributed by atoms with Crippen LogP contribution in [0.3, 0.4) is 0 Å². The van der Waals surface area contributed by atoms with Gasteiger partial charge in [0.2, 0.25) is 0 Å². The third-order valence-corrected chi connectivity index (χ3v) is 10.9. The molecule has 0 saturated carbocycles. The molecule has 0 aliphatic carbocycles. The molecule has 0 bridgehead atoms. The van der Waals surface area contributed by atoms with Gasteiger partial charge in [-0.1, -0.05) is 199 Å². The van der Waals surface area contributed by atoms with Crippen LogP contribution in [-0.2, 0) is 27.9 Å². The summed E-state index contributed by atoms with van der Waals surface area (Å²) in [6, 6.07) is 0. The van der Waals surface area contributed by atoms with Crippen LogP contribution < -0.4 is 5.73 Å². The minimum atomic E-state index is -4.28. The molecule has 0 heterocycles. The van der Waals surface area contributed by atoms with Gasteiger partial charge in [0.1, 0.15) is 6.10 Å². The first-order valence-electron chi connectivity index (χ1n) is 22.8. The number of carbonyl (C=O) groups is 1. The van der Waals surface area contributed by atoms with Gasteiger partial charge in [0.25, 0.3) is 0 Å². The SMILES string of the molecule is CCCC/C=C\C/C=C\CCCCCCCC(=O)OC(COCCCCCCCCCCCCCCCCCCCCCCC)COP(=O)(O)OCCN. The van der Waals surface area contributed by atoms with E-state index in [9.17, 15) is 14.3 Å². The third-order valence-electron chi connectivity index (χ3n) is 9.87. The van der Waals surface area contributed by atoms with E-state index in [2.05, 4.69) is 38.2 Å². The minimum Gasteiger partial charge on any atom is -0.457 e. The Morgan fingerprint density at radius 3 is 1.50 bits per heavy atom. The summed E-state index contributed by atoms with van der Waals surface area (Å²) in [4.78, 5) is 22.5. The van der Waals surface area contributed by atoms with Crippen LogP contribution in [0, 0.1) is 0 Å². The highest BCUT2D eigenvalue weighted by molar-refractivity contribution is 7.47. The predicted octanol–water partition coefficient (Wildman–Crippen LogP) is 13.6. The molecule has 2 atom stereocenters.